The molecule has 2 aliphatic heterocycles. The molecule has 3 aromatic rings. The molecule has 40 heavy (non-hydrogen) atoms. The van der Waals surface area contributed by atoms with Crippen molar-refractivity contribution >= 4 is 11.0 Å². The summed E-state index contributed by atoms with van der Waals surface area (Å²) in [7, 11) is 0. The Hall–Kier alpha value is -3.31. The van der Waals surface area contributed by atoms with Crippen LogP contribution in [-0.2, 0) is 14.2 Å². The summed E-state index contributed by atoms with van der Waals surface area (Å²) in [6.07, 6.45) is -14.3. The van der Waals surface area contributed by atoms with Gasteiger partial charge in [-0.05, 0) is 24.3 Å². The van der Waals surface area contributed by atoms with Gasteiger partial charge >= 0.3 is 0 Å². The number of rotatable bonds is 6. The molecule has 9 atom stereocenters. The normalized spacial score (nSPS) is 32.7. The number of benzene rings is 2. The summed E-state index contributed by atoms with van der Waals surface area (Å²) in [5, 5.41) is 80.6. The van der Waals surface area contributed by atoms with E-state index in [1.807, 2.05) is 0 Å². The van der Waals surface area contributed by atoms with E-state index in [4.69, 9.17) is 23.4 Å². The summed E-state index contributed by atoms with van der Waals surface area (Å²) in [4.78, 5) is 12.7. The van der Waals surface area contributed by atoms with Gasteiger partial charge < -0.3 is 64.2 Å². The van der Waals surface area contributed by atoms with E-state index in [-0.39, 0.29) is 34.8 Å². The molecule has 0 radical (unpaired) electrons. The lowest BCUT2D eigenvalue weighted by molar-refractivity contribution is -0.348. The lowest BCUT2D eigenvalue weighted by Crippen LogP contribution is -2.63. The Morgan fingerprint density at radius 2 is 1.60 bits per heavy atom. The van der Waals surface area contributed by atoms with E-state index in [9.17, 15) is 45.6 Å². The summed E-state index contributed by atoms with van der Waals surface area (Å²) >= 11 is 0. The summed E-state index contributed by atoms with van der Waals surface area (Å²) in [5.41, 5.74) is -0.138. The minimum Gasteiger partial charge on any atom is -0.508 e. The van der Waals surface area contributed by atoms with E-state index >= 15 is 0 Å². The smallest absolute Gasteiger partial charge is 0.229 e. The van der Waals surface area contributed by atoms with Crippen molar-refractivity contribution in [3.05, 3.63) is 52.7 Å². The molecule has 0 saturated carbocycles. The molecule has 2 saturated heterocycles. The van der Waals surface area contributed by atoms with Crippen molar-refractivity contribution in [1.82, 2.24) is 0 Å². The van der Waals surface area contributed by atoms with E-state index in [2.05, 4.69) is 0 Å². The molecule has 2 fully saturated rings. The van der Waals surface area contributed by atoms with E-state index in [0.717, 1.165) is 6.07 Å². The molecule has 0 spiro atoms. The minimum atomic E-state index is -1.80. The van der Waals surface area contributed by atoms with Crippen LogP contribution in [0.5, 0.6) is 17.2 Å². The van der Waals surface area contributed by atoms with Crippen LogP contribution in [0.2, 0.25) is 0 Å². The average Bonchev–Trinajstić information content (AvgIpc) is 2.92. The Kier molecular flexibility index (Phi) is 7.96. The van der Waals surface area contributed by atoms with Gasteiger partial charge in [0.05, 0.1) is 13.2 Å². The van der Waals surface area contributed by atoms with Crippen LogP contribution in [0.25, 0.3) is 22.3 Å². The molecular formula is C26H28O14. The van der Waals surface area contributed by atoms with Gasteiger partial charge in [0, 0.05) is 23.8 Å². The molecule has 2 aromatic carbocycles. The fraction of sp³-hybridized carbons (Fsp3) is 0.423. The summed E-state index contributed by atoms with van der Waals surface area (Å²) in [6, 6.07) is 9.45. The monoisotopic (exact) mass is 564 g/mol. The first kappa shape index (κ1) is 28.2. The van der Waals surface area contributed by atoms with Crippen LogP contribution in [0.3, 0.4) is 0 Å². The lowest BCUT2D eigenvalue weighted by Gasteiger charge is -2.44. The largest absolute Gasteiger partial charge is 0.508 e. The van der Waals surface area contributed by atoms with Gasteiger partial charge in [0.2, 0.25) is 6.29 Å². The molecule has 3 heterocycles. The maximum absolute atomic E-state index is 12.7. The number of fused-ring (bicyclic) bond motifs is 1. The number of aliphatic hydroxyl groups is 6. The van der Waals surface area contributed by atoms with E-state index in [0.29, 0.717) is 5.56 Å². The van der Waals surface area contributed by atoms with Crippen LogP contribution in [0.15, 0.2) is 51.7 Å². The quantitative estimate of drug-likeness (QED) is 0.171. The van der Waals surface area contributed by atoms with Gasteiger partial charge in [-0.1, -0.05) is 0 Å². The second-order valence-corrected chi connectivity index (χ2v) is 9.51. The molecule has 0 amide bonds. The molecule has 9 unspecified atom stereocenters. The number of ether oxygens (including phenoxy) is 4. The number of hydrogen-bond acceptors (Lipinski definition) is 14. The molecule has 14 heteroatoms. The highest BCUT2D eigenvalue weighted by Gasteiger charge is 2.49. The first-order chi connectivity index (χ1) is 19.1. The highest BCUT2D eigenvalue weighted by Crippen LogP contribution is 2.34. The number of aromatic hydroxyl groups is 2. The third-order valence-electron chi connectivity index (χ3n) is 6.76. The van der Waals surface area contributed by atoms with Gasteiger partial charge in [-0.2, -0.15) is 0 Å². The third-order valence-corrected chi connectivity index (χ3v) is 6.76. The molecule has 5 rings (SSSR count). The molecule has 2 aliphatic rings. The highest BCUT2D eigenvalue weighted by atomic mass is 16.8. The van der Waals surface area contributed by atoms with Gasteiger partial charge in [0.1, 0.15) is 70.6 Å². The van der Waals surface area contributed by atoms with Crippen LogP contribution in [-0.4, -0.2) is 109 Å². The maximum atomic E-state index is 12.7. The molecule has 0 bridgehead atoms. The lowest BCUT2D eigenvalue weighted by atomic mass is 9.99. The summed E-state index contributed by atoms with van der Waals surface area (Å²) < 4.78 is 28.0. The molecule has 0 aliphatic carbocycles. The Balaban J connectivity index is 1.44. The fourth-order valence-electron chi connectivity index (χ4n) is 4.56. The second-order valence-electron chi connectivity index (χ2n) is 9.51. The van der Waals surface area contributed by atoms with Gasteiger partial charge in [0.15, 0.2) is 17.8 Å². The van der Waals surface area contributed by atoms with Crippen molar-refractivity contribution in [2.24, 2.45) is 0 Å². The first-order valence-electron chi connectivity index (χ1n) is 12.3. The highest BCUT2D eigenvalue weighted by molar-refractivity contribution is 5.86. The maximum Gasteiger partial charge on any atom is 0.229 e. The van der Waals surface area contributed by atoms with E-state index in [1.54, 1.807) is 0 Å². The number of phenolic OH excluding ortho intramolecular Hbond substituents is 2. The zero-order valence-electron chi connectivity index (χ0n) is 20.7. The Morgan fingerprint density at radius 1 is 0.875 bits per heavy atom. The van der Waals surface area contributed by atoms with Gasteiger partial charge in [0.25, 0.3) is 0 Å². The predicted octanol–water partition coefficient (Wildman–Crippen LogP) is -1.49. The van der Waals surface area contributed by atoms with Gasteiger partial charge in [-0.15, -0.1) is 0 Å². The number of phenols is 2. The minimum absolute atomic E-state index is 0.0143. The summed E-state index contributed by atoms with van der Waals surface area (Å²) in [5.74, 6) is -0.417. The van der Waals surface area contributed by atoms with Crippen molar-refractivity contribution in [2.75, 3.05) is 13.2 Å². The van der Waals surface area contributed by atoms with E-state index < -0.39 is 73.1 Å². The average molecular weight is 564 g/mol. The molecule has 1 aromatic heterocycles. The zero-order valence-corrected chi connectivity index (χ0v) is 20.7. The van der Waals surface area contributed by atoms with Crippen molar-refractivity contribution in [1.29, 1.82) is 0 Å². The van der Waals surface area contributed by atoms with Crippen LogP contribution in [0, 0.1) is 0 Å². The molecule has 14 nitrogen and oxygen atoms in total. The first-order valence-corrected chi connectivity index (χ1v) is 12.3. The topological polar surface area (TPSA) is 229 Å². The third kappa shape index (κ3) is 5.36. The number of hydrogen-bond donors (Lipinski definition) is 8. The van der Waals surface area contributed by atoms with Crippen LogP contribution in [0.4, 0.5) is 0 Å². The number of aliphatic hydroxyl groups excluding tert-OH is 6. The van der Waals surface area contributed by atoms with Crippen molar-refractivity contribution < 1.29 is 64.2 Å². The van der Waals surface area contributed by atoms with Crippen LogP contribution >= 0.6 is 0 Å². The predicted molar refractivity (Wildman–Crippen MR) is 132 cm³/mol. The fourth-order valence-corrected chi connectivity index (χ4v) is 4.56. The van der Waals surface area contributed by atoms with E-state index in [1.165, 1.54) is 36.4 Å². The van der Waals surface area contributed by atoms with Crippen molar-refractivity contribution in [2.45, 2.75) is 55.3 Å². The second kappa shape index (κ2) is 11.3. The Labute approximate surface area is 225 Å². The van der Waals surface area contributed by atoms with Crippen LogP contribution < -0.4 is 10.2 Å². The zero-order chi connectivity index (χ0) is 28.7. The van der Waals surface area contributed by atoms with Gasteiger partial charge in [-0.25, -0.2) is 0 Å². The SMILES string of the molecule is O=c1cc(-c2ccc(O)cc2)oc2cc(OC3OCC(O)C(O)C3OC3OC(CO)C(O)C(O)C3O)cc(O)c12. The van der Waals surface area contributed by atoms with Crippen LogP contribution in [0.1, 0.15) is 0 Å². The Bertz CT molecular complexity index is 1390. The van der Waals surface area contributed by atoms with Crippen molar-refractivity contribution in [3.63, 3.8) is 0 Å². The molecular weight excluding hydrogens is 536 g/mol. The standard InChI is InChI=1S/C26H28O14/c27-8-18-21(33)22(34)23(35)25(39-18)40-24-20(32)15(31)9-36-26(24)37-12-5-13(29)19-14(30)7-16(38-17(19)6-12)10-1-3-11(28)4-2-10/h1-7,15,18,20-29,31-35H,8-9H2. The van der Waals surface area contributed by atoms with Crippen molar-refractivity contribution in [3.8, 4) is 28.6 Å². The Morgan fingerprint density at radius 3 is 2.30 bits per heavy atom. The van der Waals surface area contributed by atoms with Gasteiger partial charge in [-0.3, -0.25) is 4.79 Å². The molecule has 216 valence electrons. The molecule has 8 N–H and O–H groups in total. The summed E-state index contributed by atoms with van der Waals surface area (Å²) in [6.45, 7) is -1.11.